The highest BCUT2D eigenvalue weighted by Crippen LogP contribution is 2.39. The maximum Gasteiger partial charge on any atom is 0.307 e. The molecule has 3 nitrogen and oxygen atoms in total. The summed E-state index contributed by atoms with van der Waals surface area (Å²) in [6.45, 7) is 1.81. The first-order chi connectivity index (χ1) is 9.40. The molecule has 1 heterocycles. The summed E-state index contributed by atoms with van der Waals surface area (Å²) in [7, 11) is 0. The Balaban J connectivity index is 2.37. The molecular formula is C13H10Cl3NO2S. The second-order valence-electron chi connectivity index (χ2n) is 4.14. The van der Waals surface area contributed by atoms with Crippen LogP contribution in [0.2, 0.25) is 14.4 Å². The molecule has 0 bridgehead atoms. The van der Waals surface area contributed by atoms with Crippen molar-refractivity contribution < 1.29 is 9.90 Å². The number of hydrogen-bond acceptors (Lipinski definition) is 3. The predicted molar refractivity (Wildman–Crippen MR) is 85.2 cm³/mol. The van der Waals surface area contributed by atoms with Crippen LogP contribution in [0.15, 0.2) is 17.5 Å². The molecule has 0 amide bonds. The number of thiophene rings is 1. The van der Waals surface area contributed by atoms with Crippen LogP contribution in [0.5, 0.6) is 0 Å². The van der Waals surface area contributed by atoms with E-state index in [1.54, 1.807) is 17.5 Å². The Kier molecular flexibility index (Phi) is 4.81. The number of carboxylic acid groups (broad SMARTS) is 1. The van der Waals surface area contributed by atoms with E-state index < -0.39 is 5.97 Å². The SMILES string of the molecule is Cc1c(Cl)ccc(Nc2c(CC(=O)O)csc2Cl)c1Cl. The van der Waals surface area contributed by atoms with E-state index in [2.05, 4.69) is 5.32 Å². The van der Waals surface area contributed by atoms with Crippen LogP contribution >= 0.6 is 46.1 Å². The van der Waals surface area contributed by atoms with Crippen LogP contribution in [-0.2, 0) is 11.2 Å². The largest absolute Gasteiger partial charge is 0.481 e. The Morgan fingerprint density at radius 3 is 2.70 bits per heavy atom. The van der Waals surface area contributed by atoms with Crippen molar-refractivity contribution in [3.63, 3.8) is 0 Å². The van der Waals surface area contributed by atoms with Gasteiger partial charge in [0.2, 0.25) is 0 Å². The second kappa shape index (κ2) is 6.22. The summed E-state index contributed by atoms with van der Waals surface area (Å²) in [6, 6.07) is 3.46. The lowest BCUT2D eigenvalue weighted by atomic mass is 10.2. The summed E-state index contributed by atoms with van der Waals surface area (Å²) in [4.78, 5) is 10.8. The third kappa shape index (κ3) is 3.20. The van der Waals surface area contributed by atoms with Crippen LogP contribution in [-0.4, -0.2) is 11.1 Å². The first kappa shape index (κ1) is 15.4. The molecule has 7 heteroatoms. The van der Waals surface area contributed by atoms with E-state index in [1.165, 1.54) is 11.3 Å². The highest BCUT2D eigenvalue weighted by Gasteiger charge is 2.15. The molecule has 1 aromatic heterocycles. The van der Waals surface area contributed by atoms with Crippen LogP contribution in [0.4, 0.5) is 11.4 Å². The fourth-order valence-corrected chi connectivity index (χ4v) is 3.15. The molecule has 0 aliphatic carbocycles. The van der Waals surface area contributed by atoms with Gasteiger partial charge >= 0.3 is 5.97 Å². The second-order valence-corrected chi connectivity index (χ2v) is 6.41. The minimum absolute atomic E-state index is 0.101. The van der Waals surface area contributed by atoms with Gasteiger partial charge in [-0.1, -0.05) is 34.8 Å². The Morgan fingerprint density at radius 2 is 2.05 bits per heavy atom. The number of carbonyl (C=O) groups is 1. The lowest BCUT2D eigenvalue weighted by molar-refractivity contribution is -0.136. The summed E-state index contributed by atoms with van der Waals surface area (Å²) in [5, 5.41) is 14.8. The van der Waals surface area contributed by atoms with Gasteiger partial charge < -0.3 is 10.4 Å². The molecule has 0 unspecified atom stereocenters. The lowest BCUT2D eigenvalue weighted by Gasteiger charge is -2.12. The van der Waals surface area contributed by atoms with Gasteiger partial charge in [0, 0.05) is 5.02 Å². The minimum Gasteiger partial charge on any atom is -0.481 e. The van der Waals surface area contributed by atoms with Crippen molar-refractivity contribution in [1.82, 2.24) is 0 Å². The number of halogens is 3. The number of hydrogen-bond donors (Lipinski definition) is 2. The van der Waals surface area contributed by atoms with E-state index in [1.807, 2.05) is 6.92 Å². The van der Waals surface area contributed by atoms with E-state index in [9.17, 15) is 4.79 Å². The van der Waals surface area contributed by atoms with Crippen LogP contribution < -0.4 is 5.32 Å². The Bertz CT molecular complexity index is 670. The van der Waals surface area contributed by atoms with Crippen LogP contribution in [0.1, 0.15) is 11.1 Å². The van der Waals surface area contributed by atoms with Crippen LogP contribution in [0.25, 0.3) is 0 Å². The van der Waals surface area contributed by atoms with Crippen LogP contribution in [0.3, 0.4) is 0 Å². The maximum absolute atomic E-state index is 10.8. The van der Waals surface area contributed by atoms with Gasteiger partial charge in [-0.25, -0.2) is 0 Å². The number of anilines is 2. The number of rotatable bonds is 4. The smallest absolute Gasteiger partial charge is 0.307 e. The third-order valence-corrected chi connectivity index (χ3v) is 4.91. The third-order valence-electron chi connectivity index (χ3n) is 2.74. The normalized spacial score (nSPS) is 10.6. The molecule has 0 saturated heterocycles. The van der Waals surface area contributed by atoms with Gasteiger partial charge in [0.15, 0.2) is 0 Å². The molecule has 0 saturated carbocycles. The average molecular weight is 351 g/mol. The zero-order valence-electron chi connectivity index (χ0n) is 10.3. The minimum atomic E-state index is -0.916. The summed E-state index contributed by atoms with van der Waals surface area (Å²) in [6.07, 6.45) is -0.101. The van der Waals surface area contributed by atoms with Gasteiger partial charge in [-0.2, -0.15) is 0 Å². The first-order valence-corrected chi connectivity index (χ1v) is 7.60. The fourth-order valence-electron chi connectivity index (χ4n) is 1.68. The van der Waals surface area contributed by atoms with Gasteiger partial charge in [0.1, 0.15) is 4.34 Å². The monoisotopic (exact) mass is 349 g/mol. The summed E-state index contributed by atoms with van der Waals surface area (Å²) in [5.41, 5.74) is 2.59. The van der Waals surface area contributed by atoms with Crippen LogP contribution in [0, 0.1) is 6.92 Å². The molecule has 2 aromatic rings. The lowest BCUT2D eigenvalue weighted by Crippen LogP contribution is -2.02. The molecule has 0 aliphatic rings. The van der Waals surface area contributed by atoms with E-state index in [0.717, 1.165) is 5.56 Å². The predicted octanol–water partition coefficient (Wildman–Crippen LogP) is 5.39. The standard InChI is InChI=1S/C13H10Cl3NO2S/c1-6-8(14)2-3-9(11(6)15)17-12-7(4-10(18)19)5-20-13(12)16/h2-3,5,17H,4H2,1H3,(H,18,19). The Labute approximate surface area is 135 Å². The average Bonchev–Trinajstić information content (AvgIpc) is 2.71. The van der Waals surface area contributed by atoms with Crippen molar-refractivity contribution >= 4 is 63.5 Å². The molecular weight excluding hydrogens is 341 g/mol. The zero-order chi connectivity index (χ0) is 14.9. The van der Waals surface area contributed by atoms with Crippen molar-refractivity contribution in [3.05, 3.63) is 43.0 Å². The summed E-state index contributed by atoms with van der Waals surface area (Å²) in [5.74, 6) is -0.916. The molecule has 2 N–H and O–H groups in total. The van der Waals surface area contributed by atoms with Gasteiger partial charge in [-0.05, 0) is 35.6 Å². The van der Waals surface area contributed by atoms with Crippen molar-refractivity contribution in [2.45, 2.75) is 13.3 Å². The van der Waals surface area contributed by atoms with Gasteiger partial charge in [-0.3, -0.25) is 4.79 Å². The highest BCUT2D eigenvalue weighted by molar-refractivity contribution is 7.15. The van der Waals surface area contributed by atoms with E-state index in [4.69, 9.17) is 39.9 Å². The zero-order valence-corrected chi connectivity index (χ0v) is 13.4. The van der Waals surface area contributed by atoms with Gasteiger partial charge in [0.25, 0.3) is 0 Å². The number of nitrogens with one attached hydrogen (secondary N) is 1. The quantitative estimate of drug-likeness (QED) is 0.777. The number of aliphatic carboxylic acids is 1. The molecule has 0 radical (unpaired) electrons. The van der Waals surface area contributed by atoms with Crippen molar-refractivity contribution in [3.8, 4) is 0 Å². The summed E-state index contributed by atoms with van der Waals surface area (Å²) >= 11 is 19.6. The highest BCUT2D eigenvalue weighted by atomic mass is 35.5. The number of benzene rings is 1. The van der Waals surface area contributed by atoms with Crippen molar-refractivity contribution in [1.29, 1.82) is 0 Å². The topological polar surface area (TPSA) is 49.3 Å². The number of carboxylic acids is 1. The fraction of sp³-hybridized carbons (Fsp3) is 0.154. The Hall–Kier alpha value is -0.940. The van der Waals surface area contributed by atoms with Crippen molar-refractivity contribution in [2.24, 2.45) is 0 Å². The van der Waals surface area contributed by atoms with Gasteiger partial charge in [-0.15, -0.1) is 11.3 Å². The van der Waals surface area contributed by atoms with E-state index in [-0.39, 0.29) is 6.42 Å². The molecule has 1 aromatic carbocycles. The first-order valence-electron chi connectivity index (χ1n) is 5.59. The van der Waals surface area contributed by atoms with Crippen molar-refractivity contribution in [2.75, 3.05) is 5.32 Å². The molecule has 20 heavy (non-hydrogen) atoms. The van der Waals surface area contributed by atoms with Gasteiger partial charge in [0.05, 0.1) is 22.8 Å². The summed E-state index contributed by atoms with van der Waals surface area (Å²) < 4.78 is 0.491. The molecule has 2 rings (SSSR count). The Morgan fingerprint density at radius 1 is 1.35 bits per heavy atom. The molecule has 0 fully saturated rings. The molecule has 0 atom stereocenters. The van der Waals surface area contributed by atoms with E-state index >= 15 is 0 Å². The molecule has 0 aliphatic heterocycles. The molecule has 106 valence electrons. The molecule has 0 spiro atoms. The van der Waals surface area contributed by atoms with E-state index in [0.29, 0.717) is 31.3 Å². The maximum atomic E-state index is 10.8.